The molecule has 1 aliphatic heterocycles. The van der Waals surface area contributed by atoms with E-state index < -0.39 is 9.84 Å². The maximum atomic E-state index is 11.6. The van der Waals surface area contributed by atoms with E-state index >= 15 is 0 Å². The van der Waals surface area contributed by atoms with Crippen LogP contribution in [0.4, 0.5) is 0 Å². The molecule has 18 heavy (non-hydrogen) atoms. The highest BCUT2D eigenvalue weighted by molar-refractivity contribution is 7.91. The summed E-state index contributed by atoms with van der Waals surface area (Å²) < 4.78 is 23.2. The van der Waals surface area contributed by atoms with Gasteiger partial charge in [-0.1, -0.05) is 13.3 Å². The number of nitrogens with zero attached hydrogens (tertiary/aromatic N) is 1. The van der Waals surface area contributed by atoms with Crippen molar-refractivity contribution >= 4 is 9.84 Å². The molecule has 0 aromatic carbocycles. The number of hydrogen-bond donors (Lipinski definition) is 1. The lowest BCUT2D eigenvalue weighted by Gasteiger charge is -2.35. The third-order valence-electron chi connectivity index (χ3n) is 4.10. The van der Waals surface area contributed by atoms with Gasteiger partial charge < -0.3 is 5.32 Å². The number of likely N-dealkylation sites (tertiary alicyclic amines) is 1. The van der Waals surface area contributed by atoms with E-state index in [0.717, 1.165) is 19.1 Å². The molecular weight excluding hydrogens is 248 g/mol. The van der Waals surface area contributed by atoms with Crippen LogP contribution >= 0.6 is 0 Å². The van der Waals surface area contributed by atoms with E-state index in [1.807, 2.05) is 0 Å². The molecule has 0 aromatic rings. The number of nitrogens with one attached hydrogen (secondary N) is 1. The SMILES string of the molecule is CCS(=O)(=O)CCN1CCCCC1CNC1CC1. The third kappa shape index (κ3) is 4.52. The first-order valence-corrected chi connectivity index (χ1v) is 9.11. The summed E-state index contributed by atoms with van der Waals surface area (Å²) in [6, 6.07) is 1.29. The summed E-state index contributed by atoms with van der Waals surface area (Å²) in [6.07, 6.45) is 6.35. The van der Waals surface area contributed by atoms with Crippen LogP contribution in [0.2, 0.25) is 0 Å². The minimum Gasteiger partial charge on any atom is -0.312 e. The first-order chi connectivity index (χ1) is 8.61. The fourth-order valence-electron chi connectivity index (χ4n) is 2.58. The van der Waals surface area contributed by atoms with E-state index in [9.17, 15) is 8.42 Å². The van der Waals surface area contributed by atoms with Crippen LogP contribution in [0.15, 0.2) is 0 Å². The van der Waals surface area contributed by atoms with Gasteiger partial charge in [0.2, 0.25) is 0 Å². The molecule has 5 heteroatoms. The topological polar surface area (TPSA) is 49.4 Å². The molecule has 4 nitrogen and oxygen atoms in total. The van der Waals surface area contributed by atoms with Gasteiger partial charge in [-0.25, -0.2) is 8.42 Å². The summed E-state index contributed by atoms with van der Waals surface area (Å²) >= 11 is 0. The van der Waals surface area contributed by atoms with Crippen LogP contribution in [-0.2, 0) is 9.84 Å². The first kappa shape index (κ1) is 14.3. The molecule has 0 amide bonds. The van der Waals surface area contributed by atoms with Crippen LogP contribution in [0, 0.1) is 0 Å². The smallest absolute Gasteiger partial charge is 0.151 e. The van der Waals surface area contributed by atoms with E-state index in [2.05, 4.69) is 10.2 Å². The van der Waals surface area contributed by atoms with E-state index in [-0.39, 0.29) is 5.75 Å². The van der Waals surface area contributed by atoms with Crippen molar-refractivity contribution in [2.45, 2.75) is 51.1 Å². The van der Waals surface area contributed by atoms with Gasteiger partial charge in [0.25, 0.3) is 0 Å². The molecule has 2 fully saturated rings. The molecule has 1 atom stereocenters. The zero-order valence-corrected chi connectivity index (χ0v) is 12.2. The molecule has 0 bridgehead atoms. The van der Waals surface area contributed by atoms with Crippen molar-refractivity contribution in [3.05, 3.63) is 0 Å². The number of hydrogen-bond acceptors (Lipinski definition) is 4. The second kappa shape index (κ2) is 6.35. The van der Waals surface area contributed by atoms with Crippen LogP contribution in [-0.4, -0.2) is 56.5 Å². The molecule has 1 heterocycles. The Morgan fingerprint density at radius 2 is 2.00 bits per heavy atom. The Labute approximate surface area is 111 Å². The molecule has 1 unspecified atom stereocenters. The molecule has 106 valence electrons. The van der Waals surface area contributed by atoms with Crippen LogP contribution in [0.25, 0.3) is 0 Å². The van der Waals surface area contributed by atoms with Crippen molar-refractivity contribution in [3.63, 3.8) is 0 Å². The van der Waals surface area contributed by atoms with E-state index in [1.165, 1.54) is 32.1 Å². The number of sulfone groups is 1. The van der Waals surface area contributed by atoms with Crippen molar-refractivity contribution < 1.29 is 8.42 Å². The predicted octanol–water partition coefficient (Wildman–Crippen LogP) is 1.03. The normalized spacial score (nSPS) is 26.4. The molecule has 0 radical (unpaired) electrons. The molecule has 1 saturated carbocycles. The summed E-state index contributed by atoms with van der Waals surface area (Å²) in [5, 5.41) is 3.58. The van der Waals surface area contributed by atoms with Crippen molar-refractivity contribution in [3.8, 4) is 0 Å². The average molecular weight is 274 g/mol. The molecular formula is C13H26N2O2S. The van der Waals surface area contributed by atoms with Gasteiger partial charge in [-0.05, 0) is 32.2 Å². The molecule has 2 rings (SSSR count). The molecule has 1 aliphatic carbocycles. The lowest BCUT2D eigenvalue weighted by atomic mass is 10.0. The largest absolute Gasteiger partial charge is 0.312 e. The Balaban J connectivity index is 1.78. The lowest BCUT2D eigenvalue weighted by molar-refractivity contribution is 0.154. The van der Waals surface area contributed by atoms with E-state index in [4.69, 9.17) is 0 Å². The molecule has 0 aromatic heterocycles. The highest BCUT2D eigenvalue weighted by Gasteiger charge is 2.26. The quantitative estimate of drug-likeness (QED) is 0.753. The minimum absolute atomic E-state index is 0.270. The fourth-order valence-corrected chi connectivity index (χ4v) is 3.38. The van der Waals surface area contributed by atoms with Crippen LogP contribution in [0.1, 0.15) is 39.0 Å². The van der Waals surface area contributed by atoms with Crippen molar-refractivity contribution in [1.82, 2.24) is 10.2 Å². The van der Waals surface area contributed by atoms with Crippen LogP contribution in [0.5, 0.6) is 0 Å². The Kier molecular flexibility index (Phi) is 5.04. The van der Waals surface area contributed by atoms with Gasteiger partial charge in [-0.2, -0.15) is 0 Å². The van der Waals surface area contributed by atoms with Gasteiger partial charge in [0.1, 0.15) is 0 Å². The van der Waals surface area contributed by atoms with E-state index in [0.29, 0.717) is 18.3 Å². The van der Waals surface area contributed by atoms with Gasteiger partial charge in [0.05, 0.1) is 5.75 Å². The van der Waals surface area contributed by atoms with Crippen molar-refractivity contribution in [2.75, 3.05) is 31.1 Å². The van der Waals surface area contributed by atoms with Crippen molar-refractivity contribution in [1.29, 1.82) is 0 Å². The van der Waals surface area contributed by atoms with E-state index in [1.54, 1.807) is 6.92 Å². The number of rotatable bonds is 7. The zero-order chi connectivity index (χ0) is 13.0. The molecule has 1 saturated heterocycles. The molecule has 1 N–H and O–H groups in total. The van der Waals surface area contributed by atoms with Gasteiger partial charge in [0.15, 0.2) is 9.84 Å². The number of piperidine rings is 1. The maximum Gasteiger partial charge on any atom is 0.151 e. The average Bonchev–Trinajstić information content (AvgIpc) is 3.19. The highest BCUT2D eigenvalue weighted by atomic mass is 32.2. The lowest BCUT2D eigenvalue weighted by Crippen LogP contribution is -2.47. The zero-order valence-electron chi connectivity index (χ0n) is 11.4. The third-order valence-corrected chi connectivity index (χ3v) is 5.78. The minimum atomic E-state index is -2.82. The maximum absolute atomic E-state index is 11.6. The van der Waals surface area contributed by atoms with Crippen molar-refractivity contribution in [2.24, 2.45) is 0 Å². The highest BCUT2D eigenvalue weighted by Crippen LogP contribution is 2.21. The summed E-state index contributed by atoms with van der Waals surface area (Å²) in [5.41, 5.74) is 0. The summed E-state index contributed by atoms with van der Waals surface area (Å²) in [7, 11) is -2.82. The molecule has 0 spiro atoms. The summed E-state index contributed by atoms with van der Waals surface area (Å²) in [5.74, 6) is 0.593. The van der Waals surface area contributed by atoms with Gasteiger partial charge in [-0.3, -0.25) is 4.90 Å². The Hall–Kier alpha value is -0.130. The second-order valence-corrected chi connectivity index (χ2v) is 8.08. The molecule has 2 aliphatic rings. The Bertz CT molecular complexity index is 352. The monoisotopic (exact) mass is 274 g/mol. The van der Waals surface area contributed by atoms with Gasteiger partial charge in [0, 0.05) is 30.9 Å². The summed E-state index contributed by atoms with van der Waals surface area (Å²) in [6.45, 7) is 4.55. The predicted molar refractivity (Wildman–Crippen MR) is 74.6 cm³/mol. The Morgan fingerprint density at radius 1 is 1.22 bits per heavy atom. The van der Waals surface area contributed by atoms with Gasteiger partial charge in [-0.15, -0.1) is 0 Å². The second-order valence-electron chi connectivity index (χ2n) is 5.60. The summed E-state index contributed by atoms with van der Waals surface area (Å²) in [4.78, 5) is 2.38. The standard InChI is InChI=1S/C13H26N2O2S/c1-2-18(16,17)10-9-15-8-4-3-5-13(15)11-14-12-6-7-12/h12-14H,2-11H2,1H3. The first-order valence-electron chi connectivity index (χ1n) is 7.28. The Morgan fingerprint density at radius 3 is 2.67 bits per heavy atom. The fraction of sp³-hybridized carbons (Fsp3) is 1.00. The van der Waals surface area contributed by atoms with Crippen LogP contribution in [0.3, 0.4) is 0 Å². The van der Waals surface area contributed by atoms with Crippen LogP contribution < -0.4 is 5.32 Å². The van der Waals surface area contributed by atoms with Gasteiger partial charge >= 0.3 is 0 Å².